The van der Waals surface area contributed by atoms with Crippen LogP contribution in [0, 0.1) is 0 Å². The first-order valence-electron chi connectivity index (χ1n) is 11.9. The zero-order chi connectivity index (χ0) is 26.0. The Kier molecular flexibility index (Phi) is 8.17. The first-order chi connectivity index (χ1) is 18.7. The van der Waals surface area contributed by atoms with Gasteiger partial charge in [-0.15, -0.1) is 0 Å². The number of rotatable bonds is 10. The molecule has 0 radical (unpaired) electrons. The van der Waals surface area contributed by atoms with Crippen molar-refractivity contribution in [2.75, 3.05) is 16.1 Å². The minimum Gasteiger partial charge on any atom is -0.488 e. The van der Waals surface area contributed by atoms with Crippen LogP contribution in [0.1, 0.15) is 11.1 Å². The molecule has 38 heavy (non-hydrogen) atoms. The molecule has 0 saturated heterocycles. The zero-order valence-electron chi connectivity index (χ0n) is 20.3. The van der Waals surface area contributed by atoms with Crippen molar-refractivity contribution in [1.82, 2.24) is 15.0 Å². The van der Waals surface area contributed by atoms with E-state index in [1.165, 1.54) is 0 Å². The van der Waals surface area contributed by atoms with Crippen LogP contribution in [0.5, 0.6) is 5.75 Å². The van der Waals surface area contributed by atoms with Gasteiger partial charge in [-0.2, -0.15) is 20.1 Å². The van der Waals surface area contributed by atoms with Gasteiger partial charge in [-0.25, -0.2) is 5.43 Å². The molecule has 0 amide bonds. The van der Waals surface area contributed by atoms with Crippen molar-refractivity contribution in [2.45, 2.75) is 6.61 Å². The van der Waals surface area contributed by atoms with Crippen LogP contribution in [-0.4, -0.2) is 21.2 Å². The van der Waals surface area contributed by atoms with E-state index < -0.39 is 0 Å². The predicted molar refractivity (Wildman–Crippen MR) is 155 cm³/mol. The summed E-state index contributed by atoms with van der Waals surface area (Å²) in [5.74, 6) is 1.72. The smallest absolute Gasteiger partial charge is 0.250 e. The monoisotopic (exact) mass is 565 g/mol. The number of nitrogens with one attached hydrogen (secondary N) is 3. The highest BCUT2D eigenvalue weighted by molar-refractivity contribution is 9.10. The summed E-state index contributed by atoms with van der Waals surface area (Å²) in [4.78, 5) is 13.5. The second kappa shape index (κ2) is 12.5. The van der Waals surface area contributed by atoms with Crippen LogP contribution in [0.25, 0.3) is 0 Å². The highest BCUT2D eigenvalue weighted by Gasteiger charge is 2.08. The minimum absolute atomic E-state index is 0.273. The maximum absolute atomic E-state index is 6.05. The Labute approximate surface area is 229 Å². The topological polar surface area (TPSA) is 96.4 Å². The van der Waals surface area contributed by atoms with Crippen LogP contribution in [0.4, 0.5) is 29.2 Å². The highest BCUT2D eigenvalue weighted by atomic mass is 79.9. The number of hydrogen-bond acceptors (Lipinski definition) is 8. The number of aromatic nitrogens is 3. The molecular formula is C29H24BrN7O. The first-order valence-corrected chi connectivity index (χ1v) is 12.7. The van der Waals surface area contributed by atoms with Crippen LogP contribution >= 0.6 is 15.9 Å². The van der Waals surface area contributed by atoms with Gasteiger partial charge in [0.2, 0.25) is 17.8 Å². The number of hydrazone groups is 1. The Hall–Kier alpha value is -4.76. The normalized spacial score (nSPS) is 10.8. The summed E-state index contributed by atoms with van der Waals surface area (Å²) in [6.45, 7) is 0.452. The molecule has 0 spiro atoms. The number of benzene rings is 4. The number of anilines is 5. The molecule has 0 fully saturated rings. The van der Waals surface area contributed by atoms with Crippen LogP contribution in [0.15, 0.2) is 119 Å². The summed E-state index contributed by atoms with van der Waals surface area (Å²) in [7, 11) is 0. The van der Waals surface area contributed by atoms with Crippen molar-refractivity contribution in [1.29, 1.82) is 0 Å². The molecule has 3 N–H and O–H groups in total. The van der Waals surface area contributed by atoms with Gasteiger partial charge in [0.05, 0.1) is 6.21 Å². The third kappa shape index (κ3) is 7.14. The molecule has 0 saturated carbocycles. The summed E-state index contributed by atoms with van der Waals surface area (Å²) in [6.07, 6.45) is 1.67. The predicted octanol–water partition coefficient (Wildman–Crippen LogP) is 7.15. The molecule has 0 aliphatic rings. The van der Waals surface area contributed by atoms with Crippen LogP contribution in [0.2, 0.25) is 0 Å². The van der Waals surface area contributed by atoms with Crippen molar-refractivity contribution in [2.24, 2.45) is 5.10 Å². The molecule has 5 rings (SSSR count). The fraction of sp³-hybridized carbons (Fsp3) is 0.0345. The van der Waals surface area contributed by atoms with E-state index in [4.69, 9.17) is 4.74 Å². The van der Waals surface area contributed by atoms with Crippen molar-refractivity contribution in [3.05, 3.63) is 125 Å². The van der Waals surface area contributed by atoms with Gasteiger partial charge in [-0.05, 0) is 48.0 Å². The summed E-state index contributed by atoms with van der Waals surface area (Å²) >= 11 is 3.52. The molecule has 0 bridgehead atoms. The first kappa shape index (κ1) is 24.9. The Morgan fingerprint density at radius 1 is 0.684 bits per heavy atom. The zero-order valence-corrected chi connectivity index (χ0v) is 21.8. The second-order valence-corrected chi connectivity index (χ2v) is 9.03. The SMILES string of the molecule is Brc1ccc(OCc2ccccc2)c(/C=N\Nc2nc(Nc3ccccc3)nc(Nc3ccccc3)n2)c1. The van der Waals surface area contributed by atoms with E-state index in [1.807, 2.05) is 109 Å². The van der Waals surface area contributed by atoms with Gasteiger partial charge in [0.1, 0.15) is 12.4 Å². The van der Waals surface area contributed by atoms with Crippen molar-refractivity contribution in [3.63, 3.8) is 0 Å². The minimum atomic E-state index is 0.273. The fourth-order valence-corrected chi connectivity index (χ4v) is 3.86. The molecule has 188 valence electrons. The third-order valence-electron chi connectivity index (χ3n) is 5.27. The summed E-state index contributed by atoms with van der Waals surface area (Å²) in [6, 6.07) is 35.2. The Bertz CT molecular complexity index is 1440. The van der Waals surface area contributed by atoms with Gasteiger partial charge in [-0.3, -0.25) is 0 Å². The number of halogens is 1. The maximum Gasteiger partial charge on any atom is 0.250 e. The van der Waals surface area contributed by atoms with Crippen molar-refractivity contribution < 1.29 is 4.74 Å². The lowest BCUT2D eigenvalue weighted by atomic mass is 10.2. The van der Waals surface area contributed by atoms with Gasteiger partial charge in [0.15, 0.2) is 0 Å². The molecule has 4 aromatic carbocycles. The molecule has 5 aromatic rings. The number of nitrogens with zero attached hydrogens (tertiary/aromatic N) is 4. The van der Waals surface area contributed by atoms with E-state index in [2.05, 4.69) is 52.0 Å². The fourth-order valence-electron chi connectivity index (χ4n) is 3.49. The van der Waals surface area contributed by atoms with Crippen molar-refractivity contribution in [3.8, 4) is 5.75 Å². The Morgan fingerprint density at radius 2 is 1.24 bits per heavy atom. The molecule has 0 aliphatic heterocycles. The van der Waals surface area contributed by atoms with E-state index in [9.17, 15) is 0 Å². The lowest BCUT2D eigenvalue weighted by Gasteiger charge is -2.11. The van der Waals surface area contributed by atoms with E-state index in [0.717, 1.165) is 27.0 Å². The van der Waals surface area contributed by atoms with Crippen LogP contribution in [-0.2, 0) is 6.61 Å². The van der Waals surface area contributed by atoms with Crippen LogP contribution in [0.3, 0.4) is 0 Å². The van der Waals surface area contributed by atoms with Gasteiger partial charge >= 0.3 is 0 Å². The number of para-hydroxylation sites is 2. The summed E-state index contributed by atoms with van der Waals surface area (Å²) < 4.78 is 6.96. The molecular weight excluding hydrogens is 542 g/mol. The molecule has 8 nitrogen and oxygen atoms in total. The molecule has 0 unspecified atom stereocenters. The van der Waals surface area contributed by atoms with E-state index in [0.29, 0.717) is 24.3 Å². The quantitative estimate of drug-likeness (QED) is 0.122. The Morgan fingerprint density at radius 3 is 1.84 bits per heavy atom. The molecule has 1 heterocycles. The van der Waals surface area contributed by atoms with E-state index in [-0.39, 0.29) is 5.95 Å². The standard InChI is InChI=1S/C29H24BrN7O/c30-23-16-17-26(38-20-21-10-4-1-5-11-21)22(18-23)19-31-37-29-35-27(32-24-12-6-2-7-13-24)34-28(36-29)33-25-14-8-3-9-15-25/h1-19H,20H2,(H3,32,33,34,35,36,37)/b31-19-. The lowest BCUT2D eigenvalue weighted by molar-refractivity contribution is 0.306. The number of ether oxygens (including phenoxy) is 1. The summed E-state index contributed by atoms with van der Waals surface area (Å²) in [5.41, 5.74) is 6.51. The average molecular weight is 566 g/mol. The highest BCUT2D eigenvalue weighted by Crippen LogP contribution is 2.23. The second-order valence-electron chi connectivity index (χ2n) is 8.11. The molecule has 0 atom stereocenters. The van der Waals surface area contributed by atoms with E-state index in [1.54, 1.807) is 6.21 Å². The van der Waals surface area contributed by atoms with Gasteiger partial charge in [0.25, 0.3) is 0 Å². The third-order valence-corrected chi connectivity index (χ3v) is 5.77. The van der Waals surface area contributed by atoms with Crippen molar-refractivity contribution >= 4 is 51.4 Å². The molecule has 1 aromatic heterocycles. The summed E-state index contributed by atoms with van der Waals surface area (Å²) in [5, 5.41) is 10.8. The largest absolute Gasteiger partial charge is 0.488 e. The van der Waals surface area contributed by atoms with Gasteiger partial charge < -0.3 is 15.4 Å². The van der Waals surface area contributed by atoms with Gasteiger partial charge in [-0.1, -0.05) is 82.7 Å². The number of hydrogen-bond donors (Lipinski definition) is 3. The Balaban J connectivity index is 1.35. The maximum atomic E-state index is 6.05. The lowest BCUT2D eigenvalue weighted by Crippen LogP contribution is -2.07. The average Bonchev–Trinajstić information content (AvgIpc) is 2.94. The molecule has 0 aliphatic carbocycles. The van der Waals surface area contributed by atoms with Crippen LogP contribution < -0.4 is 20.8 Å². The molecule has 9 heteroatoms. The van der Waals surface area contributed by atoms with E-state index >= 15 is 0 Å². The van der Waals surface area contributed by atoms with Gasteiger partial charge in [0, 0.05) is 21.4 Å².